The summed E-state index contributed by atoms with van der Waals surface area (Å²) in [5.41, 5.74) is 0. The Morgan fingerprint density at radius 3 is 1.60 bits per heavy atom. The zero-order chi connectivity index (χ0) is 2.71. The normalized spacial score (nSPS) is 2.60. The third-order valence-corrected chi connectivity index (χ3v) is 0. The zero-order valence-corrected chi connectivity index (χ0v) is 2.28. The molecule has 0 aliphatic heterocycles. The first-order valence-corrected chi connectivity index (χ1v) is 0.986. The van der Waals surface area contributed by atoms with Crippen molar-refractivity contribution in [3.05, 3.63) is 12.7 Å². The molecule has 0 aliphatic carbocycles. The van der Waals surface area contributed by atoms with Crippen molar-refractivity contribution in [2.45, 2.75) is 6.92 Å². The second-order valence-electron chi connectivity index (χ2n) is 0.408. The summed E-state index contributed by atoms with van der Waals surface area (Å²) in [6.45, 7) is 5.25. The minimum atomic E-state index is 0. The first-order valence-electron chi connectivity index (χ1n) is 0.986. The molecule has 0 unspecified atom stereocenters. The van der Waals surface area contributed by atoms with Crippen LogP contribution in [-0.4, -0.2) is 68.7 Å². The molecule has 0 N–H and O–H groups in total. The second kappa shape index (κ2) is 16.8. The summed E-state index contributed by atoms with van der Waals surface area (Å²) in [6.07, 6.45) is 1.75. The van der Waals surface area contributed by atoms with E-state index in [1.54, 1.807) is 6.08 Å². The monoisotopic (exact) mass is 112 g/mol. The molecule has 0 saturated heterocycles. The number of allylic oxidation sites excluding steroid dienone is 1. The van der Waals surface area contributed by atoms with E-state index in [-0.39, 0.29) is 68.7 Å². The van der Waals surface area contributed by atoms with Gasteiger partial charge in [-0.15, -0.1) is 6.58 Å². The van der Waals surface area contributed by atoms with E-state index in [1.807, 2.05) is 6.92 Å². The van der Waals surface area contributed by atoms with Gasteiger partial charge in [0.05, 0.1) is 0 Å². The molecule has 0 bridgehead atoms. The SMILES string of the molecule is C=CC.[AlH3].[KH]. The molecule has 0 atom stereocenters. The molecule has 0 amide bonds. The molecule has 0 aromatic carbocycles. The Bertz CT molecular complexity index is 14.4. The number of rotatable bonds is 0. The van der Waals surface area contributed by atoms with E-state index >= 15 is 0 Å². The molecule has 0 aromatic heterocycles. The Morgan fingerprint density at radius 1 is 1.60 bits per heavy atom. The van der Waals surface area contributed by atoms with Crippen molar-refractivity contribution in [3.8, 4) is 0 Å². The standard InChI is InChI=1S/C3H6.Al.K.4H/c1-3-2;;;;;;/h3H,1H2,2H3;;;;;;. The van der Waals surface area contributed by atoms with Gasteiger partial charge in [0.2, 0.25) is 0 Å². The summed E-state index contributed by atoms with van der Waals surface area (Å²) < 4.78 is 0. The van der Waals surface area contributed by atoms with Crippen LogP contribution >= 0.6 is 0 Å². The van der Waals surface area contributed by atoms with Crippen molar-refractivity contribution in [1.82, 2.24) is 0 Å². The fraction of sp³-hybridized carbons (Fsp3) is 0.333. The molecule has 0 aromatic rings. The first-order chi connectivity index (χ1) is 1.41. The molecule has 26 valence electrons. The Labute approximate surface area is 86.6 Å². The third kappa shape index (κ3) is 24.8. The fourth-order valence-corrected chi connectivity index (χ4v) is 0. The molecule has 0 rings (SSSR count). The molecule has 0 fully saturated rings. The van der Waals surface area contributed by atoms with Crippen LogP contribution in [0.3, 0.4) is 0 Å². The molecule has 0 radical (unpaired) electrons. The molecule has 0 nitrogen and oxygen atoms in total. The van der Waals surface area contributed by atoms with Crippen molar-refractivity contribution in [2.75, 3.05) is 0 Å². The van der Waals surface area contributed by atoms with Crippen molar-refractivity contribution >= 4 is 68.7 Å². The fourth-order valence-electron chi connectivity index (χ4n) is 0. The van der Waals surface area contributed by atoms with Gasteiger partial charge < -0.3 is 0 Å². The predicted molar refractivity (Wildman–Crippen MR) is 33.0 cm³/mol. The van der Waals surface area contributed by atoms with Crippen LogP contribution < -0.4 is 0 Å². The van der Waals surface area contributed by atoms with E-state index in [0.717, 1.165) is 0 Å². The van der Waals surface area contributed by atoms with Crippen molar-refractivity contribution in [3.63, 3.8) is 0 Å². The molecule has 0 spiro atoms. The van der Waals surface area contributed by atoms with Crippen molar-refractivity contribution in [2.24, 2.45) is 0 Å². The molecule has 5 heavy (non-hydrogen) atoms. The Morgan fingerprint density at radius 2 is 1.60 bits per heavy atom. The summed E-state index contributed by atoms with van der Waals surface area (Å²) in [6, 6.07) is 0. The van der Waals surface area contributed by atoms with Gasteiger partial charge in [-0.3, -0.25) is 0 Å². The van der Waals surface area contributed by atoms with E-state index in [9.17, 15) is 0 Å². The van der Waals surface area contributed by atoms with Gasteiger partial charge in [0.15, 0.2) is 17.4 Å². The molecular weight excluding hydrogens is 102 g/mol. The summed E-state index contributed by atoms with van der Waals surface area (Å²) >= 11 is 0. The van der Waals surface area contributed by atoms with Crippen molar-refractivity contribution in [1.29, 1.82) is 0 Å². The van der Waals surface area contributed by atoms with Crippen LogP contribution in [0.1, 0.15) is 6.92 Å². The van der Waals surface area contributed by atoms with E-state index in [1.165, 1.54) is 0 Å². The predicted octanol–water partition coefficient (Wildman–Crippen LogP) is -0.640. The summed E-state index contributed by atoms with van der Waals surface area (Å²) in [4.78, 5) is 0. The van der Waals surface area contributed by atoms with E-state index in [0.29, 0.717) is 0 Å². The summed E-state index contributed by atoms with van der Waals surface area (Å²) in [5, 5.41) is 0. The average molecular weight is 112 g/mol. The van der Waals surface area contributed by atoms with Gasteiger partial charge in [-0.05, 0) is 6.92 Å². The maximum atomic E-state index is 3.36. The van der Waals surface area contributed by atoms with Crippen LogP contribution in [0.4, 0.5) is 0 Å². The van der Waals surface area contributed by atoms with Crippen molar-refractivity contribution < 1.29 is 0 Å². The minimum absolute atomic E-state index is 0. The number of hydrogen-bond donors (Lipinski definition) is 0. The van der Waals surface area contributed by atoms with Gasteiger partial charge in [-0.1, -0.05) is 6.08 Å². The van der Waals surface area contributed by atoms with Gasteiger partial charge in [0.25, 0.3) is 0 Å². The Hall–Kier alpha value is 1.91. The van der Waals surface area contributed by atoms with E-state index in [4.69, 9.17) is 0 Å². The van der Waals surface area contributed by atoms with Crippen LogP contribution in [0.25, 0.3) is 0 Å². The third-order valence-electron chi connectivity index (χ3n) is 0. The van der Waals surface area contributed by atoms with Crippen LogP contribution in [0.15, 0.2) is 12.7 Å². The average Bonchev–Trinajstić information content (AvgIpc) is 0.918. The molecule has 2 heteroatoms. The summed E-state index contributed by atoms with van der Waals surface area (Å²) in [7, 11) is 0. The first kappa shape index (κ1) is 15.8. The van der Waals surface area contributed by atoms with Crippen LogP contribution in [0.2, 0.25) is 0 Å². The second-order valence-corrected chi connectivity index (χ2v) is 0.408. The van der Waals surface area contributed by atoms with Gasteiger partial charge >= 0.3 is 51.4 Å². The maximum absolute atomic E-state index is 3.36. The molecule has 0 heterocycles. The zero-order valence-electron chi connectivity index (χ0n) is 2.28. The quantitative estimate of drug-likeness (QED) is 0.289. The molecular formula is C3H10AlK. The summed E-state index contributed by atoms with van der Waals surface area (Å²) in [5.74, 6) is 0. The Balaban J connectivity index is -0.0000000200. The van der Waals surface area contributed by atoms with E-state index in [2.05, 4.69) is 6.58 Å². The van der Waals surface area contributed by atoms with Crippen LogP contribution in [0.5, 0.6) is 0 Å². The van der Waals surface area contributed by atoms with Gasteiger partial charge in [0, 0.05) is 0 Å². The van der Waals surface area contributed by atoms with Crippen LogP contribution in [0, 0.1) is 0 Å². The van der Waals surface area contributed by atoms with E-state index < -0.39 is 0 Å². The molecule has 0 aliphatic rings. The van der Waals surface area contributed by atoms with Gasteiger partial charge in [-0.25, -0.2) is 0 Å². The molecule has 0 saturated carbocycles. The Kier molecular flexibility index (Phi) is 53.1. The topological polar surface area (TPSA) is 0 Å². The van der Waals surface area contributed by atoms with Crippen LogP contribution in [-0.2, 0) is 0 Å². The number of hydrogen-bond acceptors (Lipinski definition) is 0. The van der Waals surface area contributed by atoms with Gasteiger partial charge in [0.1, 0.15) is 0 Å². The van der Waals surface area contributed by atoms with Gasteiger partial charge in [-0.2, -0.15) is 0 Å².